The number of amides is 1. The van der Waals surface area contributed by atoms with Crippen LogP contribution in [0.15, 0.2) is 34.9 Å². The number of benzene rings is 1. The molecule has 1 aromatic carbocycles. The van der Waals surface area contributed by atoms with Crippen LogP contribution in [0.4, 0.5) is 5.69 Å². The number of aryl methyl sites for hydroxylation is 1. The fourth-order valence-corrected chi connectivity index (χ4v) is 3.34. The van der Waals surface area contributed by atoms with Gasteiger partial charge in [-0.15, -0.1) is 0 Å². The molecule has 26 heavy (non-hydrogen) atoms. The summed E-state index contributed by atoms with van der Waals surface area (Å²) in [6.07, 6.45) is 1.94. The fraction of sp³-hybridized carbons (Fsp3) is 0.421. The molecule has 0 saturated carbocycles. The van der Waals surface area contributed by atoms with E-state index in [0.717, 1.165) is 30.8 Å². The van der Waals surface area contributed by atoms with Gasteiger partial charge in [-0.3, -0.25) is 9.69 Å². The first kappa shape index (κ1) is 18.1. The van der Waals surface area contributed by atoms with Crippen LogP contribution in [-0.4, -0.2) is 49.2 Å². The summed E-state index contributed by atoms with van der Waals surface area (Å²) in [7, 11) is 3.00. The van der Waals surface area contributed by atoms with E-state index in [1.54, 1.807) is 31.3 Å². The topological polar surface area (TPSA) is 75.9 Å². The molecule has 1 fully saturated rings. The van der Waals surface area contributed by atoms with Crippen LogP contribution in [0.5, 0.6) is 0 Å². The van der Waals surface area contributed by atoms with Crippen LogP contribution < -0.4 is 4.90 Å². The number of aromatic nitrogens is 1. The molecule has 0 bridgehead atoms. The lowest BCUT2D eigenvalue weighted by Crippen LogP contribution is -2.38. The number of rotatable bonds is 5. The minimum Gasteiger partial charge on any atom is -0.465 e. The Hall–Kier alpha value is -2.67. The predicted molar refractivity (Wildman–Crippen MR) is 96.0 cm³/mol. The monoisotopic (exact) mass is 357 g/mol. The number of carbonyl (C=O) groups is 2. The molecule has 0 spiro atoms. The van der Waals surface area contributed by atoms with E-state index in [2.05, 4.69) is 10.1 Å². The summed E-state index contributed by atoms with van der Waals surface area (Å²) in [5.74, 6) is 0.242. The molecule has 2 heterocycles. The standard InChI is InChI=1S/C19H23N3O4/c1-13-11-17(26-20-13)16-9-6-10-22(16)12-18(23)21(2)15-8-5-4-7-14(15)19(24)25-3/h4-5,7-8,11,16H,6,9-10,12H2,1-3H3. The molecule has 0 aliphatic carbocycles. The molecule has 1 aliphatic heterocycles. The number of methoxy groups -OCH3 is 1. The minimum absolute atomic E-state index is 0.0596. The second-order valence-corrected chi connectivity index (χ2v) is 6.46. The molecule has 7 nitrogen and oxygen atoms in total. The van der Waals surface area contributed by atoms with Gasteiger partial charge in [0.1, 0.15) is 0 Å². The van der Waals surface area contributed by atoms with Crippen LogP contribution in [0.3, 0.4) is 0 Å². The molecule has 7 heteroatoms. The first-order chi connectivity index (χ1) is 12.5. The van der Waals surface area contributed by atoms with Gasteiger partial charge in [0.05, 0.1) is 36.6 Å². The quantitative estimate of drug-likeness (QED) is 0.766. The van der Waals surface area contributed by atoms with Crippen molar-refractivity contribution < 1.29 is 18.8 Å². The van der Waals surface area contributed by atoms with Crippen molar-refractivity contribution in [2.45, 2.75) is 25.8 Å². The summed E-state index contributed by atoms with van der Waals surface area (Å²) in [5.41, 5.74) is 1.74. The molecule has 3 rings (SSSR count). The Labute approximate surface area is 152 Å². The third kappa shape index (κ3) is 3.62. The van der Waals surface area contributed by atoms with Crippen molar-refractivity contribution in [1.82, 2.24) is 10.1 Å². The summed E-state index contributed by atoms with van der Waals surface area (Å²) in [6, 6.07) is 8.92. The average Bonchev–Trinajstić information content (AvgIpc) is 3.28. The van der Waals surface area contributed by atoms with Crippen molar-refractivity contribution in [1.29, 1.82) is 0 Å². The van der Waals surface area contributed by atoms with Crippen LogP contribution in [0, 0.1) is 6.92 Å². The van der Waals surface area contributed by atoms with Crippen molar-refractivity contribution >= 4 is 17.6 Å². The molecule has 0 radical (unpaired) electrons. The van der Waals surface area contributed by atoms with Gasteiger partial charge < -0.3 is 14.2 Å². The van der Waals surface area contributed by atoms with Gasteiger partial charge in [-0.2, -0.15) is 0 Å². The molecule has 1 aromatic heterocycles. The van der Waals surface area contributed by atoms with Gasteiger partial charge in [-0.25, -0.2) is 4.79 Å². The van der Waals surface area contributed by atoms with Crippen LogP contribution in [0.1, 0.15) is 40.7 Å². The van der Waals surface area contributed by atoms with Crippen molar-refractivity contribution in [2.75, 3.05) is 32.1 Å². The van der Waals surface area contributed by atoms with E-state index in [0.29, 0.717) is 11.3 Å². The minimum atomic E-state index is -0.462. The summed E-state index contributed by atoms with van der Waals surface area (Å²) in [5, 5.41) is 3.95. The normalized spacial score (nSPS) is 17.3. The number of likely N-dealkylation sites (tertiary alicyclic amines) is 1. The zero-order valence-corrected chi connectivity index (χ0v) is 15.3. The number of likely N-dealkylation sites (N-methyl/N-ethyl adjacent to an activating group) is 1. The molecular weight excluding hydrogens is 334 g/mol. The second-order valence-electron chi connectivity index (χ2n) is 6.46. The van der Waals surface area contributed by atoms with E-state index in [-0.39, 0.29) is 18.5 Å². The lowest BCUT2D eigenvalue weighted by atomic mass is 10.1. The van der Waals surface area contributed by atoms with Gasteiger partial charge in [0.25, 0.3) is 0 Å². The van der Waals surface area contributed by atoms with Gasteiger partial charge in [0.15, 0.2) is 5.76 Å². The van der Waals surface area contributed by atoms with Crippen LogP contribution in [0.2, 0.25) is 0 Å². The first-order valence-corrected chi connectivity index (χ1v) is 8.62. The largest absolute Gasteiger partial charge is 0.465 e. The highest BCUT2D eigenvalue weighted by molar-refractivity contribution is 6.02. The Morgan fingerprint density at radius 1 is 1.38 bits per heavy atom. The molecule has 1 amide bonds. The smallest absolute Gasteiger partial charge is 0.339 e. The predicted octanol–water partition coefficient (Wildman–Crippen LogP) is 2.57. The van der Waals surface area contributed by atoms with Crippen molar-refractivity contribution in [2.24, 2.45) is 0 Å². The van der Waals surface area contributed by atoms with Crippen molar-refractivity contribution in [3.05, 3.63) is 47.3 Å². The maximum absolute atomic E-state index is 12.8. The molecular formula is C19H23N3O4. The number of carbonyl (C=O) groups excluding carboxylic acids is 2. The van der Waals surface area contributed by atoms with Gasteiger partial charge in [-0.05, 0) is 38.4 Å². The van der Waals surface area contributed by atoms with E-state index in [1.807, 2.05) is 13.0 Å². The Kier molecular flexibility index (Phi) is 5.37. The van der Waals surface area contributed by atoms with E-state index < -0.39 is 5.97 Å². The number of anilines is 1. The Morgan fingerprint density at radius 2 is 2.15 bits per heavy atom. The van der Waals surface area contributed by atoms with Crippen LogP contribution >= 0.6 is 0 Å². The van der Waals surface area contributed by atoms with Gasteiger partial charge in [-0.1, -0.05) is 17.3 Å². The SMILES string of the molecule is COC(=O)c1ccccc1N(C)C(=O)CN1CCCC1c1cc(C)no1. The zero-order valence-electron chi connectivity index (χ0n) is 15.3. The Morgan fingerprint density at radius 3 is 2.85 bits per heavy atom. The van der Waals surface area contributed by atoms with E-state index in [1.165, 1.54) is 12.0 Å². The highest BCUT2D eigenvalue weighted by Crippen LogP contribution is 2.32. The number of ether oxygens (including phenoxy) is 1. The summed E-state index contributed by atoms with van der Waals surface area (Å²) >= 11 is 0. The van der Waals surface area contributed by atoms with Crippen LogP contribution in [0.25, 0.3) is 0 Å². The Balaban J connectivity index is 1.74. The number of hydrogen-bond acceptors (Lipinski definition) is 6. The molecule has 1 aliphatic rings. The molecule has 1 atom stereocenters. The van der Waals surface area contributed by atoms with Gasteiger partial charge in [0.2, 0.25) is 5.91 Å². The number of esters is 1. The maximum Gasteiger partial charge on any atom is 0.339 e. The third-order valence-corrected chi connectivity index (χ3v) is 4.72. The van der Waals surface area contributed by atoms with Crippen LogP contribution in [-0.2, 0) is 9.53 Å². The van der Waals surface area contributed by atoms with Crippen molar-refractivity contribution in [3.63, 3.8) is 0 Å². The summed E-state index contributed by atoms with van der Waals surface area (Å²) in [4.78, 5) is 28.4. The number of nitrogens with zero attached hydrogens (tertiary/aromatic N) is 3. The highest BCUT2D eigenvalue weighted by atomic mass is 16.5. The number of hydrogen-bond donors (Lipinski definition) is 0. The average molecular weight is 357 g/mol. The lowest BCUT2D eigenvalue weighted by molar-refractivity contribution is -0.119. The molecule has 1 unspecified atom stereocenters. The molecule has 2 aromatic rings. The number of para-hydroxylation sites is 1. The summed E-state index contributed by atoms with van der Waals surface area (Å²) in [6.45, 7) is 2.95. The van der Waals surface area contributed by atoms with E-state index in [4.69, 9.17) is 9.26 Å². The molecule has 0 N–H and O–H groups in total. The lowest BCUT2D eigenvalue weighted by Gasteiger charge is -2.26. The fourth-order valence-electron chi connectivity index (χ4n) is 3.34. The van der Waals surface area contributed by atoms with Crippen molar-refractivity contribution in [3.8, 4) is 0 Å². The van der Waals surface area contributed by atoms with E-state index >= 15 is 0 Å². The zero-order chi connectivity index (χ0) is 18.7. The molecule has 138 valence electrons. The van der Waals surface area contributed by atoms with E-state index in [9.17, 15) is 9.59 Å². The second kappa shape index (κ2) is 7.70. The third-order valence-electron chi connectivity index (χ3n) is 4.72. The van der Waals surface area contributed by atoms with Gasteiger partial charge >= 0.3 is 5.97 Å². The first-order valence-electron chi connectivity index (χ1n) is 8.62. The summed E-state index contributed by atoms with van der Waals surface area (Å²) < 4.78 is 10.2. The molecule has 1 saturated heterocycles. The maximum atomic E-state index is 12.8. The Bertz CT molecular complexity index is 802. The van der Waals surface area contributed by atoms with Gasteiger partial charge in [0, 0.05) is 13.1 Å². The highest BCUT2D eigenvalue weighted by Gasteiger charge is 2.31.